The quantitative estimate of drug-likeness (QED) is 0.611. The molecule has 0 heterocycles. The maximum absolute atomic E-state index is 11.5. The first-order valence-corrected chi connectivity index (χ1v) is 5.61. The zero-order chi connectivity index (χ0) is 11.4. The molecule has 88 valence electrons. The van der Waals surface area contributed by atoms with E-state index >= 15 is 0 Å². The molecule has 1 aliphatic carbocycles. The van der Waals surface area contributed by atoms with Crippen LogP contribution in [0.1, 0.15) is 26.7 Å². The molecule has 0 aliphatic heterocycles. The van der Waals surface area contributed by atoms with Gasteiger partial charge in [0.15, 0.2) is 0 Å². The Labute approximate surface area is 90.7 Å². The van der Waals surface area contributed by atoms with Gasteiger partial charge in [0.2, 0.25) is 5.91 Å². The monoisotopic (exact) mass is 215 g/mol. The normalized spacial score (nSPS) is 27.3. The van der Waals surface area contributed by atoms with Crippen molar-refractivity contribution in [1.82, 2.24) is 5.32 Å². The van der Waals surface area contributed by atoms with Crippen LogP contribution >= 0.6 is 0 Å². The van der Waals surface area contributed by atoms with E-state index in [0.717, 1.165) is 12.8 Å². The molecule has 0 aromatic carbocycles. The standard InChI is InChI=1S/C11H21NO3/c1-7(2)8-3-9(4-8)11(15)12-5-10(14)6-13/h7-10,13-14H,3-6H2,1-2H3,(H,12,15). The van der Waals surface area contributed by atoms with Crippen molar-refractivity contribution in [2.75, 3.05) is 13.2 Å². The number of rotatable bonds is 5. The van der Waals surface area contributed by atoms with Crippen molar-refractivity contribution in [1.29, 1.82) is 0 Å². The van der Waals surface area contributed by atoms with Crippen molar-refractivity contribution in [3.05, 3.63) is 0 Å². The van der Waals surface area contributed by atoms with Gasteiger partial charge in [0.25, 0.3) is 0 Å². The largest absolute Gasteiger partial charge is 0.394 e. The second-order valence-electron chi connectivity index (χ2n) is 4.75. The molecule has 1 fully saturated rings. The molecular formula is C11H21NO3. The fourth-order valence-corrected chi connectivity index (χ4v) is 1.85. The highest BCUT2D eigenvalue weighted by Gasteiger charge is 2.35. The van der Waals surface area contributed by atoms with Crippen LogP contribution in [0.4, 0.5) is 0 Å². The number of aliphatic hydroxyl groups excluding tert-OH is 2. The molecule has 4 nitrogen and oxygen atoms in total. The molecule has 3 N–H and O–H groups in total. The molecule has 0 saturated heterocycles. The summed E-state index contributed by atoms with van der Waals surface area (Å²) in [5.74, 6) is 1.45. The number of hydrogen-bond donors (Lipinski definition) is 3. The lowest BCUT2D eigenvalue weighted by Gasteiger charge is -2.37. The Morgan fingerprint density at radius 1 is 1.47 bits per heavy atom. The molecule has 0 aromatic heterocycles. The number of amides is 1. The number of nitrogens with one attached hydrogen (secondary N) is 1. The average Bonchev–Trinajstić information content (AvgIpc) is 2.11. The molecule has 0 bridgehead atoms. The van der Waals surface area contributed by atoms with Gasteiger partial charge in [0, 0.05) is 12.5 Å². The fourth-order valence-electron chi connectivity index (χ4n) is 1.85. The first-order valence-electron chi connectivity index (χ1n) is 5.61. The zero-order valence-corrected chi connectivity index (χ0v) is 9.44. The summed E-state index contributed by atoms with van der Waals surface area (Å²) in [5, 5.41) is 20.3. The van der Waals surface area contributed by atoms with Gasteiger partial charge in [-0.1, -0.05) is 13.8 Å². The van der Waals surface area contributed by atoms with Gasteiger partial charge in [0.05, 0.1) is 12.7 Å². The summed E-state index contributed by atoms with van der Waals surface area (Å²) in [6.45, 7) is 4.19. The molecular weight excluding hydrogens is 194 g/mol. The molecule has 0 spiro atoms. The summed E-state index contributed by atoms with van der Waals surface area (Å²) >= 11 is 0. The van der Waals surface area contributed by atoms with E-state index in [2.05, 4.69) is 19.2 Å². The number of carbonyl (C=O) groups is 1. The predicted octanol–water partition coefficient (Wildman–Crippen LogP) is 0.138. The van der Waals surface area contributed by atoms with Crippen molar-refractivity contribution in [3.8, 4) is 0 Å². The van der Waals surface area contributed by atoms with E-state index < -0.39 is 6.10 Å². The Hall–Kier alpha value is -0.610. The van der Waals surface area contributed by atoms with Crippen LogP contribution < -0.4 is 5.32 Å². The summed E-state index contributed by atoms with van der Waals surface area (Å²) in [7, 11) is 0. The van der Waals surface area contributed by atoms with Gasteiger partial charge in [0.1, 0.15) is 0 Å². The van der Waals surface area contributed by atoms with Crippen LogP contribution in [0.25, 0.3) is 0 Å². The first-order chi connectivity index (χ1) is 7.04. The summed E-state index contributed by atoms with van der Waals surface area (Å²) in [4.78, 5) is 11.5. The molecule has 1 saturated carbocycles. The summed E-state index contributed by atoms with van der Waals surface area (Å²) < 4.78 is 0. The molecule has 1 rings (SSSR count). The van der Waals surface area contributed by atoms with Gasteiger partial charge >= 0.3 is 0 Å². The molecule has 1 amide bonds. The second kappa shape index (κ2) is 5.47. The minimum absolute atomic E-state index is 0.0133. The lowest BCUT2D eigenvalue weighted by atomic mass is 9.69. The summed E-state index contributed by atoms with van der Waals surface area (Å²) in [6, 6.07) is 0. The highest BCUT2D eigenvalue weighted by atomic mass is 16.3. The van der Waals surface area contributed by atoms with E-state index in [9.17, 15) is 4.79 Å². The second-order valence-corrected chi connectivity index (χ2v) is 4.75. The van der Waals surface area contributed by atoms with Crippen LogP contribution in [0.15, 0.2) is 0 Å². The minimum Gasteiger partial charge on any atom is -0.394 e. The zero-order valence-electron chi connectivity index (χ0n) is 9.44. The first kappa shape index (κ1) is 12.5. The SMILES string of the molecule is CC(C)C1CC(C(=O)NCC(O)CO)C1. The van der Waals surface area contributed by atoms with Gasteiger partial charge in [-0.25, -0.2) is 0 Å². The fraction of sp³-hybridized carbons (Fsp3) is 0.909. The van der Waals surface area contributed by atoms with Crippen LogP contribution in [-0.4, -0.2) is 35.4 Å². The summed E-state index contributed by atoms with van der Waals surface area (Å²) in [6.07, 6.45) is 1.08. The average molecular weight is 215 g/mol. The molecule has 15 heavy (non-hydrogen) atoms. The van der Waals surface area contributed by atoms with Crippen LogP contribution in [0, 0.1) is 17.8 Å². The molecule has 1 unspecified atom stereocenters. The number of aliphatic hydroxyl groups is 2. The van der Waals surface area contributed by atoms with Crippen molar-refractivity contribution in [2.24, 2.45) is 17.8 Å². The Morgan fingerprint density at radius 3 is 2.53 bits per heavy atom. The Balaban J connectivity index is 2.15. The smallest absolute Gasteiger partial charge is 0.223 e. The third-order valence-electron chi connectivity index (χ3n) is 3.21. The predicted molar refractivity (Wildman–Crippen MR) is 57.2 cm³/mol. The Bertz CT molecular complexity index is 212. The topological polar surface area (TPSA) is 69.6 Å². The summed E-state index contributed by atoms with van der Waals surface area (Å²) in [5.41, 5.74) is 0. The van der Waals surface area contributed by atoms with E-state index in [-0.39, 0.29) is 25.0 Å². The van der Waals surface area contributed by atoms with Crippen molar-refractivity contribution < 1.29 is 15.0 Å². The Kier molecular flexibility index (Phi) is 4.54. The van der Waals surface area contributed by atoms with E-state index in [1.807, 2.05) is 0 Å². The lowest BCUT2D eigenvalue weighted by molar-refractivity contribution is -0.130. The van der Waals surface area contributed by atoms with Crippen LogP contribution in [0.2, 0.25) is 0 Å². The number of carbonyl (C=O) groups excluding carboxylic acids is 1. The highest BCUT2D eigenvalue weighted by Crippen LogP contribution is 2.38. The highest BCUT2D eigenvalue weighted by molar-refractivity contribution is 5.79. The number of hydrogen-bond acceptors (Lipinski definition) is 3. The molecule has 1 aliphatic rings. The molecule has 1 atom stereocenters. The van der Waals surface area contributed by atoms with Crippen molar-refractivity contribution in [3.63, 3.8) is 0 Å². The van der Waals surface area contributed by atoms with Crippen LogP contribution in [-0.2, 0) is 4.79 Å². The Morgan fingerprint density at radius 2 is 2.07 bits per heavy atom. The van der Waals surface area contributed by atoms with E-state index in [1.165, 1.54) is 0 Å². The molecule has 0 radical (unpaired) electrons. The van der Waals surface area contributed by atoms with Gasteiger partial charge in [-0.05, 0) is 24.7 Å². The van der Waals surface area contributed by atoms with E-state index in [0.29, 0.717) is 11.8 Å². The van der Waals surface area contributed by atoms with Gasteiger partial charge in [-0.3, -0.25) is 4.79 Å². The van der Waals surface area contributed by atoms with E-state index in [4.69, 9.17) is 10.2 Å². The van der Waals surface area contributed by atoms with Crippen LogP contribution in [0.5, 0.6) is 0 Å². The maximum Gasteiger partial charge on any atom is 0.223 e. The van der Waals surface area contributed by atoms with Gasteiger partial charge < -0.3 is 15.5 Å². The van der Waals surface area contributed by atoms with Gasteiger partial charge in [-0.15, -0.1) is 0 Å². The maximum atomic E-state index is 11.5. The molecule has 4 heteroatoms. The van der Waals surface area contributed by atoms with Gasteiger partial charge in [-0.2, -0.15) is 0 Å². The van der Waals surface area contributed by atoms with Crippen molar-refractivity contribution >= 4 is 5.91 Å². The third kappa shape index (κ3) is 3.47. The van der Waals surface area contributed by atoms with Crippen LogP contribution in [0.3, 0.4) is 0 Å². The lowest BCUT2D eigenvalue weighted by Crippen LogP contribution is -2.43. The third-order valence-corrected chi connectivity index (χ3v) is 3.21. The van der Waals surface area contributed by atoms with E-state index in [1.54, 1.807) is 0 Å². The molecule has 0 aromatic rings. The minimum atomic E-state index is -0.838. The van der Waals surface area contributed by atoms with Crippen molar-refractivity contribution in [2.45, 2.75) is 32.8 Å².